The van der Waals surface area contributed by atoms with Crippen LogP contribution in [0, 0.1) is 0 Å². The minimum absolute atomic E-state index is 0.0971. The van der Waals surface area contributed by atoms with Crippen LogP contribution in [0.5, 0.6) is 5.75 Å². The minimum atomic E-state index is -0.586. The zero-order valence-corrected chi connectivity index (χ0v) is 13.7. The lowest BCUT2D eigenvalue weighted by atomic mass is 9.89. The van der Waals surface area contributed by atoms with Crippen LogP contribution >= 0.6 is 0 Å². The highest BCUT2D eigenvalue weighted by molar-refractivity contribution is 5.36. The summed E-state index contributed by atoms with van der Waals surface area (Å²) in [6, 6.07) is 7.77. The van der Waals surface area contributed by atoms with E-state index in [2.05, 4.69) is 32.6 Å². The summed E-state index contributed by atoms with van der Waals surface area (Å²) in [5.41, 5.74) is 0.526. The molecule has 0 aliphatic carbocycles. The minimum Gasteiger partial charge on any atom is -0.491 e. The number of hydrogen-bond donors (Lipinski definition) is 1. The highest BCUT2D eigenvalue weighted by atomic mass is 16.5. The van der Waals surface area contributed by atoms with Gasteiger partial charge in [0.2, 0.25) is 0 Å². The first-order valence-electron chi connectivity index (χ1n) is 7.53. The number of benzene rings is 1. The third-order valence-corrected chi connectivity index (χ3v) is 3.82. The molecule has 0 spiro atoms. The van der Waals surface area contributed by atoms with Gasteiger partial charge >= 0.3 is 0 Å². The SMILES string of the molecule is CCN(CC)C(C)(C)C(O)c1ccccc1OC(C)C. The van der Waals surface area contributed by atoms with Crippen LogP contribution in [0.2, 0.25) is 0 Å². The van der Waals surface area contributed by atoms with E-state index in [1.807, 2.05) is 38.1 Å². The van der Waals surface area contributed by atoms with Crippen LogP contribution in [-0.4, -0.2) is 34.7 Å². The molecule has 1 N–H and O–H groups in total. The Labute approximate surface area is 123 Å². The second kappa shape index (κ2) is 7.09. The molecule has 0 radical (unpaired) electrons. The van der Waals surface area contributed by atoms with Crippen molar-refractivity contribution in [3.05, 3.63) is 29.8 Å². The Morgan fingerprint density at radius 3 is 2.20 bits per heavy atom. The van der Waals surface area contributed by atoms with Crippen molar-refractivity contribution >= 4 is 0 Å². The number of hydrogen-bond acceptors (Lipinski definition) is 3. The predicted octanol–water partition coefficient (Wildman–Crippen LogP) is 3.63. The molecule has 0 amide bonds. The number of aliphatic hydroxyl groups is 1. The average Bonchev–Trinajstić information content (AvgIpc) is 2.39. The van der Waals surface area contributed by atoms with Gasteiger partial charge in [0.25, 0.3) is 0 Å². The quantitative estimate of drug-likeness (QED) is 0.827. The Hall–Kier alpha value is -1.06. The Morgan fingerprint density at radius 2 is 1.70 bits per heavy atom. The van der Waals surface area contributed by atoms with E-state index in [-0.39, 0.29) is 11.6 Å². The Morgan fingerprint density at radius 1 is 1.15 bits per heavy atom. The van der Waals surface area contributed by atoms with Crippen molar-refractivity contribution in [3.8, 4) is 5.75 Å². The second-order valence-electron chi connectivity index (χ2n) is 5.93. The first-order valence-corrected chi connectivity index (χ1v) is 7.53. The molecule has 114 valence electrons. The molecule has 1 aromatic rings. The molecule has 0 bridgehead atoms. The van der Waals surface area contributed by atoms with Gasteiger partial charge in [-0.15, -0.1) is 0 Å². The van der Waals surface area contributed by atoms with E-state index < -0.39 is 6.10 Å². The summed E-state index contributed by atoms with van der Waals surface area (Å²) in [6.07, 6.45) is -0.489. The van der Waals surface area contributed by atoms with Crippen molar-refractivity contribution in [2.45, 2.75) is 59.3 Å². The highest BCUT2D eigenvalue weighted by Gasteiger charge is 2.35. The fourth-order valence-electron chi connectivity index (χ4n) is 2.66. The average molecular weight is 279 g/mol. The molecular weight excluding hydrogens is 250 g/mol. The molecule has 0 saturated carbocycles. The Kier molecular flexibility index (Phi) is 6.03. The number of rotatable bonds is 7. The maximum absolute atomic E-state index is 10.9. The normalized spacial score (nSPS) is 13.8. The largest absolute Gasteiger partial charge is 0.491 e. The maximum atomic E-state index is 10.9. The van der Waals surface area contributed by atoms with Gasteiger partial charge in [-0.1, -0.05) is 32.0 Å². The van der Waals surface area contributed by atoms with Crippen molar-refractivity contribution in [2.75, 3.05) is 13.1 Å². The monoisotopic (exact) mass is 279 g/mol. The molecule has 1 rings (SSSR count). The van der Waals surface area contributed by atoms with E-state index in [1.165, 1.54) is 0 Å². The topological polar surface area (TPSA) is 32.7 Å². The fraction of sp³-hybridized carbons (Fsp3) is 0.647. The molecule has 1 aromatic carbocycles. The molecular formula is C17H29NO2. The summed E-state index contributed by atoms with van der Waals surface area (Å²) in [7, 11) is 0. The van der Waals surface area contributed by atoms with Gasteiger partial charge in [0.15, 0.2) is 0 Å². The van der Waals surface area contributed by atoms with Gasteiger partial charge < -0.3 is 9.84 Å². The standard InChI is InChI=1S/C17H29NO2/c1-7-18(8-2)17(5,6)16(19)14-11-9-10-12-15(14)20-13(3)4/h9-13,16,19H,7-8H2,1-6H3. The van der Waals surface area contributed by atoms with Crippen molar-refractivity contribution < 1.29 is 9.84 Å². The summed E-state index contributed by atoms with van der Waals surface area (Å²) in [6.45, 7) is 14.2. The molecule has 1 unspecified atom stereocenters. The number of aliphatic hydroxyl groups excluding tert-OH is 1. The zero-order chi connectivity index (χ0) is 15.3. The van der Waals surface area contributed by atoms with E-state index in [0.717, 1.165) is 24.4 Å². The lowest BCUT2D eigenvalue weighted by Crippen LogP contribution is -2.48. The third kappa shape index (κ3) is 3.74. The predicted molar refractivity (Wildman–Crippen MR) is 84.2 cm³/mol. The second-order valence-corrected chi connectivity index (χ2v) is 5.93. The summed E-state index contributed by atoms with van der Waals surface area (Å²) in [5, 5.41) is 10.9. The summed E-state index contributed by atoms with van der Waals surface area (Å²) >= 11 is 0. The van der Waals surface area contributed by atoms with Gasteiger partial charge in [-0.2, -0.15) is 0 Å². The van der Waals surface area contributed by atoms with Crippen molar-refractivity contribution in [1.82, 2.24) is 4.90 Å². The van der Waals surface area contributed by atoms with Gasteiger partial charge in [-0.3, -0.25) is 4.90 Å². The lowest BCUT2D eigenvalue weighted by Gasteiger charge is -2.41. The maximum Gasteiger partial charge on any atom is 0.125 e. The van der Waals surface area contributed by atoms with Gasteiger partial charge in [-0.25, -0.2) is 0 Å². The first-order chi connectivity index (χ1) is 9.34. The van der Waals surface area contributed by atoms with Gasteiger partial charge in [0, 0.05) is 11.1 Å². The summed E-state index contributed by atoms with van der Waals surface area (Å²) in [5.74, 6) is 0.773. The van der Waals surface area contributed by atoms with Crippen LogP contribution in [0.4, 0.5) is 0 Å². The first kappa shape index (κ1) is 17.0. The van der Waals surface area contributed by atoms with Crippen LogP contribution in [0.25, 0.3) is 0 Å². The van der Waals surface area contributed by atoms with Crippen LogP contribution in [0.1, 0.15) is 53.2 Å². The third-order valence-electron chi connectivity index (χ3n) is 3.82. The summed E-state index contributed by atoms with van der Waals surface area (Å²) < 4.78 is 5.83. The van der Waals surface area contributed by atoms with Gasteiger partial charge in [-0.05, 0) is 46.9 Å². The molecule has 0 heterocycles. The number of nitrogens with zero attached hydrogens (tertiary/aromatic N) is 1. The van der Waals surface area contributed by atoms with Crippen LogP contribution in [-0.2, 0) is 0 Å². The van der Waals surface area contributed by atoms with E-state index in [1.54, 1.807) is 0 Å². The fourth-order valence-corrected chi connectivity index (χ4v) is 2.66. The van der Waals surface area contributed by atoms with Crippen LogP contribution in [0.3, 0.4) is 0 Å². The number of likely N-dealkylation sites (N-methyl/N-ethyl adjacent to an activating group) is 1. The van der Waals surface area contributed by atoms with Crippen molar-refractivity contribution in [3.63, 3.8) is 0 Å². The van der Waals surface area contributed by atoms with Crippen LogP contribution < -0.4 is 4.74 Å². The van der Waals surface area contributed by atoms with E-state index >= 15 is 0 Å². The van der Waals surface area contributed by atoms with E-state index in [9.17, 15) is 5.11 Å². The molecule has 0 fully saturated rings. The summed E-state index contributed by atoms with van der Waals surface area (Å²) in [4.78, 5) is 2.27. The smallest absolute Gasteiger partial charge is 0.125 e. The molecule has 0 aliphatic rings. The zero-order valence-electron chi connectivity index (χ0n) is 13.7. The van der Waals surface area contributed by atoms with Crippen LogP contribution in [0.15, 0.2) is 24.3 Å². The van der Waals surface area contributed by atoms with E-state index in [4.69, 9.17) is 4.74 Å². The molecule has 1 atom stereocenters. The number of para-hydroxylation sites is 1. The molecule has 0 aliphatic heterocycles. The lowest BCUT2D eigenvalue weighted by molar-refractivity contribution is -0.00808. The molecule has 0 saturated heterocycles. The number of ether oxygens (including phenoxy) is 1. The molecule has 20 heavy (non-hydrogen) atoms. The molecule has 0 aromatic heterocycles. The van der Waals surface area contributed by atoms with E-state index in [0.29, 0.717) is 0 Å². The molecule has 3 heteroatoms. The van der Waals surface area contributed by atoms with Gasteiger partial charge in [0.05, 0.1) is 6.10 Å². The highest BCUT2D eigenvalue weighted by Crippen LogP contribution is 2.36. The van der Waals surface area contributed by atoms with Gasteiger partial charge in [0.1, 0.15) is 11.9 Å². The Balaban J connectivity index is 3.10. The van der Waals surface area contributed by atoms with Crippen molar-refractivity contribution in [2.24, 2.45) is 0 Å². The molecule has 3 nitrogen and oxygen atoms in total. The Bertz CT molecular complexity index is 411. The van der Waals surface area contributed by atoms with Crippen molar-refractivity contribution in [1.29, 1.82) is 0 Å².